The molecule has 2 rings (SSSR count). The topological polar surface area (TPSA) is 75.4 Å². The quantitative estimate of drug-likeness (QED) is 0.799. The van der Waals surface area contributed by atoms with Crippen molar-refractivity contribution >= 4 is 29.1 Å². The van der Waals surface area contributed by atoms with Gasteiger partial charge in [-0.3, -0.25) is 14.9 Å². The van der Waals surface area contributed by atoms with Gasteiger partial charge in [0.05, 0.1) is 6.54 Å². The van der Waals surface area contributed by atoms with E-state index in [1.165, 1.54) is 0 Å². The van der Waals surface area contributed by atoms with Crippen molar-refractivity contribution < 1.29 is 9.59 Å². The van der Waals surface area contributed by atoms with Gasteiger partial charge in [-0.2, -0.15) is 0 Å². The van der Waals surface area contributed by atoms with E-state index in [0.717, 1.165) is 11.3 Å². The summed E-state index contributed by atoms with van der Waals surface area (Å²) in [6.45, 7) is 3.73. The van der Waals surface area contributed by atoms with Gasteiger partial charge in [0, 0.05) is 16.8 Å². The molecule has 2 amide bonds. The molecule has 0 bridgehead atoms. The van der Waals surface area contributed by atoms with E-state index >= 15 is 0 Å². The number of nitrogens with zero attached hydrogens (tertiary/aromatic N) is 1. The number of anilines is 1. The number of rotatable bonds is 2. The van der Waals surface area contributed by atoms with E-state index in [0.29, 0.717) is 5.02 Å². The maximum atomic E-state index is 11.6. The van der Waals surface area contributed by atoms with Crippen molar-refractivity contribution in [2.24, 2.45) is 5.73 Å². The molecule has 1 aliphatic heterocycles. The summed E-state index contributed by atoms with van der Waals surface area (Å²) in [5, 5.41) is 2.84. The Morgan fingerprint density at radius 2 is 2.16 bits per heavy atom. The van der Waals surface area contributed by atoms with Gasteiger partial charge in [-0.1, -0.05) is 17.7 Å². The molecule has 2 unspecified atom stereocenters. The third kappa shape index (κ3) is 2.72. The number of hydrogen-bond acceptors (Lipinski definition) is 4. The van der Waals surface area contributed by atoms with E-state index in [1.807, 2.05) is 19.1 Å². The first-order valence-corrected chi connectivity index (χ1v) is 6.43. The Bertz CT molecular complexity index is 531. The molecule has 19 heavy (non-hydrogen) atoms. The van der Waals surface area contributed by atoms with Crippen LogP contribution >= 0.6 is 11.6 Å². The number of amides is 2. The Hall–Kier alpha value is -1.59. The zero-order valence-electron chi connectivity index (χ0n) is 10.8. The Kier molecular flexibility index (Phi) is 3.78. The Morgan fingerprint density at radius 3 is 2.74 bits per heavy atom. The van der Waals surface area contributed by atoms with Crippen LogP contribution in [-0.4, -0.2) is 24.4 Å². The van der Waals surface area contributed by atoms with Gasteiger partial charge in [0.2, 0.25) is 11.8 Å². The first-order chi connectivity index (χ1) is 8.90. The number of benzene rings is 1. The van der Waals surface area contributed by atoms with Crippen LogP contribution < -0.4 is 16.0 Å². The van der Waals surface area contributed by atoms with Gasteiger partial charge in [-0.05, 0) is 31.5 Å². The summed E-state index contributed by atoms with van der Waals surface area (Å²) in [4.78, 5) is 24.8. The molecule has 1 aromatic rings. The maximum absolute atomic E-state index is 11.6. The highest BCUT2D eigenvalue weighted by Crippen LogP contribution is 2.28. The molecule has 1 aliphatic rings. The Morgan fingerprint density at radius 1 is 1.47 bits per heavy atom. The fourth-order valence-electron chi connectivity index (χ4n) is 2.09. The smallest absolute Gasteiger partial charge is 0.249 e. The molecule has 3 N–H and O–H groups in total. The maximum Gasteiger partial charge on any atom is 0.249 e. The van der Waals surface area contributed by atoms with E-state index in [4.69, 9.17) is 17.3 Å². The van der Waals surface area contributed by atoms with Gasteiger partial charge in [0.25, 0.3) is 0 Å². The van der Waals surface area contributed by atoms with Gasteiger partial charge < -0.3 is 10.6 Å². The standard InChI is InChI=1S/C13H16ClN3O2/c1-7(15)10-4-3-9(5-11(10)14)17-6-12(18)16-13(19)8(17)2/h3-5,7-8H,6,15H2,1-2H3,(H,16,18,19). The average molecular weight is 282 g/mol. The number of halogens is 1. The molecular weight excluding hydrogens is 266 g/mol. The molecule has 0 aromatic heterocycles. The lowest BCUT2D eigenvalue weighted by Gasteiger charge is -2.33. The van der Waals surface area contributed by atoms with Crippen molar-refractivity contribution in [3.05, 3.63) is 28.8 Å². The number of imide groups is 1. The van der Waals surface area contributed by atoms with E-state index in [1.54, 1.807) is 17.9 Å². The zero-order chi connectivity index (χ0) is 14.2. The van der Waals surface area contributed by atoms with Crippen molar-refractivity contribution in [3.63, 3.8) is 0 Å². The van der Waals surface area contributed by atoms with E-state index in [2.05, 4.69) is 5.32 Å². The monoisotopic (exact) mass is 281 g/mol. The van der Waals surface area contributed by atoms with Crippen LogP contribution in [0.2, 0.25) is 5.02 Å². The lowest BCUT2D eigenvalue weighted by Crippen LogP contribution is -2.57. The van der Waals surface area contributed by atoms with Crippen LogP contribution in [0.3, 0.4) is 0 Å². The third-order valence-electron chi connectivity index (χ3n) is 3.23. The Labute approximate surface area is 116 Å². The molecule has 0 saturated carbocycles. The predicted octanol–water partition coefficient (Wildman–Crippen LogP) is 1.21. The van der Waals surface area contributed by atoms with E-state index in [-0.39, 0.29) is 24.4 Å². The van der Waals surface area contributed by atoms with Crippen LogP contribution in [0.1, 0.15) is 25.5 Å². The van der Waals surface area contributed by atoms with Crippen LogP contribution in [0.4, 0.5) is 5.69 Å². The van der Waals surface area contributed by atoms with Crippen molar-refractivity contribution in [1.29, 1.82) is 0 Å². The van der Waals surface area contributed by atoms with Gasteiger partial charge in [-0.25, -0.2) is 0 Å². The van der Waals surface area contributed by atoms with Crippen molar-refractivity contribution in [1.82, 2.24) is 5.32 Å². The third-order valence-corrected chi connectivity index (χ3v) is 3.56. The summed E-state index contributed by atoms with van der Waals surface area (Å²) in [6, 6.07) is 4.82. The molecule has 2 atom stereocenters. The molecule has 6 heteroatoms. The van der Waals surface area contributed by atoms with Crippen molar-refractivity contribution in [2.75, 3.05) is 11.4 Å². The summed E-state index contributed by atoms with van der Waals surface area (Å²) < 4.78 is 0. The van der Waals surface area contributed by atoms with Crippen LogP contribution in [0.5, 0.6) is 0 Å². The number of carbonyl (C=O) groups excluding carboxylic acids is 2. The minimum Gasteiger partial charge on any atom is -0.350 e. The van der Waals surface area contributed by atoms with Crippen LogP contribution in [-0.2, 0) is 9.59 Å². The average Bonchev–Trinajstić information content (AvgIpc) is 2.33. The molecule has 0 radical (unpaired) electrons. The molecule has 1 saturated heterocycles. The predicted molar refractivity (Wildman–Crippen MR) is 74.0 cm³/mol. The molecule has 102 valence electrons. The molecule has 0 spiro atoms. The van der Waals surface area contributed by atoms with Crippen LogP contribution in [0.15, 0.2) is 18.2 Å². The Balaban J connectivity index is 2.33. The summed E-state index contributed by atoms with van der Waals surface area (Å²) in [7, 11) is 0. The van der Waals surface area contributed by atoms with Gasteiger partial charge in [0.1, 0.15) is 6.04 Å². The summed E-state index contributed by atoms with van der Waals surface area (Å²) >= 11 is 6.17. The highest BCUT2D eigenvalue weighted by atomic mass is 35.5. The largest absolute Gasteiger partial charge is 0.350 e. The lowest BCUT2D eigenvalue weighted by molar-refractivity contribution is -0.132. The summed E-state index contributed by atoms with van der Waals surface area (Å²) in [6.07, 6.45) is 0. The number of hydrogen-bond donors (Lipinski definition) is 2. The summed E-state index contributed by atoms with van der Waals surface area (Å²) in [5.74, 6) is -0.612. The molecule has 0 aliphatic carbocycles. The van der Waals surface area contributed by atoms with Crippen molar-refractivity contribution in [3.8, 4) is 0 Å². The van der Waals surface area contributed by atoms with Crippen LogP contribution in [0, 0.1) is 0 Å². The minimum atomic E-state index is -0.407. The number of carbonyl (C=O) groups is 2. The number of nitrogens with one attached hydrogen (secondary N) is 1. The van der Waals surface area contributed by atoms with Crippen molar-refractivity contribution in [2.45, 2.75) is 25.9 Å². The fourth-order valence-corrected chi connectivity index (χ4v) is 2.44. The van der Waals surface area contributed by atoms with Crippen LogP contribution in [0.25, 0.3) is 0 Å². The zero-order valence-corrected chi connectivity index (χ0v) is 11.6. The second kappa shape index (κ2) is 5.19. The lowest BCUT2D eigenvalue weighted by atomic mass is 10.1. The molecule has 5 nitrogen and oxygen atoms in total. The normalized spacial score (nSPS) is 21.3. The first-order valence-electron chi connectivity index (χ1n) is 6.05. The highest BCUT2D eigenvalue weighted by Gasteiger charge is 2.30. The van der Waals surface area contributed by atoms with E-state index in [9.17, 15) is 9.59 Å². The van der Waals surface area contributed by atoms with E-state index < -0.39 is 6.04 Å². The molecular formula is C13H16ClN3O2. The summed E-state index contributed by atoms with van der Waals surface area (Å²) in [5.41, 5.74) is 7.38. The number of piperazine rings is 1. The molecule has 1 heterocycles. The fraction of sp³-hybridized carbons (Fsp3) is 0.385. The number of nitrogens with two attached hydrogens (primary N) is 1. The molecule has 1 fully saturated rings. The SMILES string of the molecule is CC(N)c1ccc(N2CC(=O)NC(=O)C2C)cc1Cl. The first kappa shape index (κ1) is 13.8. The second-order valence-electron chi connectivity index (χ2n) is 4.71. The molecule has 1 aromatic carbocycles. The van der Waals surface area contributed by atoms with Gasteiger partial charge in [0.15, 0.2) is 0 Å². The second-order valence-corrected chi connectivity index (χ2v) is 5.12. The van der Waals surface area contributed by atoms with Gasteiger partial charge in [-0.15, -0.1) is 0 Å². The minimum absolute atomic E-state index is 0.140. The van der Waals surface area contributed by atoms with Gasteiger partial charge >= 0.3 is 0 Å². The highest BCUT2D eigenvalue weighted by molar-refractivity contribution is 6.31.